The molecule has 2 N–H and O–H groups in total. The third kappa shape index (κ3) is 4.70. The molecule has 0 saturated carbocycles. The van der Waals surface area contributed by atoms with E-state index in [1.54, 1.807) is 13.8 Å². The summed E-state index contributed by atoms with van der Waals surface area (Å²) >= 11 is 5.56. The van der Waals surface area contributed by atoms with Crippen molar-refractivity contribution in [1.29, 1.82) is 0 Å². The zero-order valence-corrected chi connectivity index (χ0v) is 11.8. The molecule has 0 fully saturated rings. The van der Waals surface area contributed by atoms with Crippen molar-refractivity contribution in [3.63, 3.8) is 0 Å². The normalized spacial score (nSPS) is 12.1. The van der Waals surface area contributed by atoms with E-state index in [-0.39, 0.29) is 23.3 Å². The number of aliphatic carboxylic acids is 1. The second-order valence-corrected chi connectivity index (χ2v) is 4.90. The molecule has 1 rings (SSSR count). The molecule has 0 unspecified atom stereocenters. The average Bonchev–Trinajstić information content (AvgIpc) is 2.36. The number of halogens is 2. The lowest BCUT2D eigenvalue weighted by Gasteiger charge is -2.18. The predicted molar refractivity (Wildman–Crippen MR) is 71.3 cm³/mol. The van der Waals surface area contributed by atoms with E-state index in [4.69, 9.17) is 21.4 Å². The van der Waals surface area contributed by atoms with Crippen molar-refractivity contribution in [3.8, 4) is 5.75 Å². The topological polar surface area (TPSA) is 75.6 Å². The monoisotopic (exact) mass is 303 g/mol. The zero-order valence-electron chi connectivity index (χ0n) is 11.0. The molecule has 1 amide bonds. The summed E-state index contributed by atoms with van der Waals surface area (Å²) in [7, 11) is 0. The number of carboxylic acid groups (broad SMARTS) is 1. The molecule has 0 saturated heterocycles. The highest BCUT2D eigenvalue weighted by Gasteiger charge is 2.23. The molecule has 20 heavy (non-hydrogen) atoms. The number of carbonyl (C=O) groups is 2. The van der Waals surface area contributed by atoms with Crippen LogP contribution in [0.4, 0.5) is 4.39 Å². The van der Waals surface area contributed by atoms with Gasteiger partial charge in [0.05, 0.1) is 5.02 Å². The Labute approximate surface area is 120 Å². The highest BCUT2D eigenvalue weighted by atomic mass is 35.5. The molecule has 110 valence electrons. The van der Waals surface area contributed by atoms with E-state index in [2.05, 4.69) is 5.32 Å². The fraction of sp³-hybridized carbons (Fsp3) is 0.385. The highest BCUT2D eigenvalue weighted by molar-refractivity contribution is 6.30. The molecule has 0 aliphatic rings. The summed E-state index contributed by atoms with van der Waals surface area (Å²) < 4.78 is 18.0. The first-order chi connectivity index (χ1) is 9.31. The van der Waals surface area contributed by atoms with E-state index in [0.29, 0.717) is 0 Å². The van der Waals surface area contributed by atoms with E-state index in [0.717, 1.165) is 6.07 Å². The van der Waals surface area contributed by atoms with Crippen LogP contribution in [-0.2, 0) is 9.59 Å². The Morgan fingerprint density at radius 2 is 2.10 bits per heavy atom. The van der Waals surface area contributed by atoms with Gasteiger partial charge in [0.1, 0.15) is 17.6 Å². The molecular weight excluding hydrogens is 289 g/mol. The summed E-state index contributed by atoms with van der Waals surface area (Å²) in [6, 6.07) is 2.69. The second kappa shape index (κ2) is 7.09. The lowest BCUT2D eigenvalue weighted by atomic mass is 10.1. The van der Waals surface area contributed by atoms with Gasteiger partial charge in [-0.3, -0.25) is 4.79 Å². The van der Waals surface area contributed by atoms with E-state index in [9.17, 15) is 14.0 Å². The summed E-state index contributed by atoms with van der Waals surface area (Å²) in [4.78, 5) is 22.5. The van der Waals surface area contributed by atoms with Gasteiger partial charge >= 0.3 is 5.97 Å². The third-order valence-corrected chi connectivity index (χ3v) is 2.80. The Balaban J connectivity index is 2.54. The summed E-state index contributed by atoms with van der Waals surface area (Å²) in [5.41, 5.74) is 0. The Hall–Kier alpha value is -1.82. The average molecular weight is 304 g/mol. The lowest BCUT2D eigenvalue weighted by molar-refractivity contribution is -0.143. The molecule has 5 nitrogen and oxygen atoms in total. The van der Waals surface area contributed by atoms with E-state index in [1.807, 2.05) is 0 Å². The molecule has 0 aromatic heterocycles. The first-order valence-electron chi connectivity index (χ1n) is 5.91. The van der Waals surface area contributed by atoms with Crippen LogP contribution in [0, 0.1) is 11.7 Å². The maximum Gasteiger partial charge on any atom is 0.326 e. The molecule has 0 bridgehead atoms. The van der Waals surface area contributed by atoms with Gasteiger partial charge in [-0.15, -0.1) is 0 Å². The number of carbonyl (C=O) groups excluding carboxylic acids is 1. The molecule has 1 aromatic carbocycles. The zero-order chi connectivity index (χ0) is 15.3. The molecule has 1 atom stereocenters. The number of nitrogens with one attached hydrogen (secondary N) is 1. The number of hydrogen-bond donors (Lipinski definition) is 2. The maximum absolute atomic E-state index is 12.9. The predicted octanol–water partition coefficient (Wildman–Crippen LogP) is 2.08. The van der Waals surface area contributed by atoms with Crippen LogP contribution < -0.4 is 10.1 Å². The maximum atomic E-state index is 12.9. The van der Waals surface area contributed by atoms with Crippen molar-refractivity contribution < 1.29 is 23.8 Å². The van der Waals surface area contributed by atoms with Gasteiger partial charge in [-0.25, -0.2) is 9.18 Å². The Morgan fingerprint density at radius 1 is 1.45 bits per heavy atom. The Bertz CT molecular complexity index is 507. The largest absolute Gasteiger partial charge is 0.484 e. The summed E-state index contributed by atoms with van der Waals surface area (Å²) in [5.74, 6) is -2.31. The fourth-order valence-electron chi connectivity index (χ4n) is 1.44. The van der Waals surface area contributed by atoms with Crippen molar-refractivity contribution in [2.24, 2.45) is 5.92 Å². The van der Waals surface area contributed by atoms with Crippen molar-refractivity contribution in [1.82, 2.24) is 5.32 Å². The number of hydrogen-bond acceptors (Lipinski definition) is 3. The SMILES string of the molecule is CC(C)[C@@H](NC(=O)COc1ccc(F)c(Cl)c1)C(=O)O. The van der Waals surface area contributed by atoms with Gasteiger partial charge in [-0.05, 0) is 18.1 Å². The van der Waals surface area contributed by atoms with Crippen LogP contribution in [0.15, 0.2) is 18.2 Å². The van der Waals surface area contributed by atoms with Gasteiger partial charge in [-0.2, -0.15) is 0 Å². The number of carboxylic acids is 1. The van der Waals surface area contributed by atoms with Gasteiger partial charge < -0.3 is 15.2 Å². The van der Waals surface area contributed by atoms with Gasteiger partial charge in [0.15, 0.2) is 6.61 Å². The molecular formula is C13H15ClFNO4. The van der Waals surface area contributed by atoms with Crippen molar-refractivity contribution in [2.75, 3.05) is 6.61 Å². The highest BCUT2D eigenvalue weighted by Crippen LogP contribution is 2.20. The van der Waals surface area contributed by atoms with Crippen LogP contribution in [0.5, 0.6) is 5.75 Å². The molecule has 0 aliphatic carbocycles. The molecule has 0 spiro atoms. The quantitative estimate of drug-likeness (QED) is 0.843. The minimum absolute atomic E-state index is 0.117. The molecule has 0 heterocycles. The van der Waals surface area contributed by atoms with Crippen molar-refractivity contribution in [2.45, 2.75) is 19.9 Å². The molecule has 0 radical (unpaired) electrons. The molecule has 0 aliphatic heterocycles. The Kier molecular flexibility index (Phi) is 5.76. The van der Waals surface area contributed by atoms with Crippen molar-refractivity contribution in [3.05, 3.63) is 29.0 Å². The van der Waals surface area contributed by atoms with Crippen LogP contribution in [-0.4, -0.2) is 29.6 Å². The lowest BCUT2D eigenvalue weighted by Crippen LogP contribution is -2.46. The van der Waals surface area contributed by atoms with Crippen LogP contribution in [0.25, 0.3) is 0 Å². The van der Waals surface area contributed by atoms with Crippen LogP contribution >= 0.6 is 11.6 Å². The van der Waals surface area contributed by atoms with Gasteiger partial charge in [0.25, 0.3) is 5.91 Å². The van der Waals surface area contributed by atoms with E-state index >= 15 is 0 Å². The smallest absolute Gasteiger partial charge is 0.326 e. The number of amides is 1. The number of ether oxygens (including phenoxy) is 1. The van der Waals surface area contributed by atoms with Gasteiger partial charge in [0, 0.05) is 6.07 Å². The van der Waals surface area contributed by atoms with Gasteiger partial charge in [0.2, 0.25) is 0 Å². The number of rotatable bonds is 6. The standard InChI is InChI=1S/C13H15ClFNO4/c1-7(2)12(13(18)19)16-11(17)6-20-8-3-4-10(15)9(14)5-8/h3-5,7,12H,6H2,1-2H3,(H,16,17)(H,18,19)/t12-/m1/s1. The van der Waals surface area contributed by atoms with E-state index in [1.165, 1.54) is 12.1 Å². The first kappa shape index (κ1) is 16.2. The molecule has 7 heteroatoms. The van der Waals surface area contributed by atoms with Gasteiger partial charge in [-0.1, -0.05) is 25.4 Å². The fourth-order valence-corrected chi connectivity index (χ4v) is 1.61. The Morgan fingerprint density at radius 3 is 2.60 bits per heavy atom. The number of benzene rings is 1. The van der Waals surface area contributed by atoms with Crippen molar-refractivity contribution >= 4 is 23.5 Å². The molecule has 1 aromatic rings. The summed E-state index contributed by atoms with van der Waals surface area (Å²) in [5, 5.41) is 11.2. The second-order valence-electron chi connectivity index (χ2n) is 4.49. The third-order valence-electron chi connectivity index (χ3n) is 2.51. The van der Waals surface area contributed by atoms with Crippen LogP contribution in [0.3, 0.4) is 0 Å². The van der Waals surface area contributed by atoms with Crippen LogP contribution in [0.1, 0.15) is 13.8 Å². The summed E-state index contributed by atoms with van der Waals surface area (Å²) in [6.07, 6.45) is 0. The summed E-state index contributed by atoms with van der Waals surface area (Å²) in [6.45, 7) is 2.98. The minimum Gasteiger partial charge on any atom is -0.484 e. The first-order valence-corrected chi connectivity index (χ1v) is 6.29. The van der Waals surface area contributed by atoms with E-state index < -0.39 is 23.7 Å². The van der Waals surface area contributed by atoms with Crippen LogP contribution in [0.2, 0.25) is 5.02 Å². The minimum atomic E-state index is -1.11.